The van der Waals surface area contributed by atoms with Gasteiger partial charge in [0.15, 0.2) is 0 Å². The summed E-state index contributed by atoms with van der Waals surface area (Å²) in [6.45, 7) is 3.81. The van der Waals surface area contributed by atoms with Gasteiger partial charge in [0.1, 0.15) is 11.5 Å². The molecule has 2 N–H and O–H groups in total. The van der Waals surface area contributed by atoms with E-state index < -0.39 is 38.7 Å². The molecule has 1 fully saturated rings. The van der Waals surface area contributed by atoms with Crippen molar-refractivity contribution >= 4 is 39.0 Å². The highest BCUT2D eigenvalue weighted by molar-refractivity contribution is 8.18. The Morgan fingerprint density at radius 2 is 1.89 bits per heavy atom. The predicted octanol–water partition coefficient (Wildman–Crippen LogP) is 4.15. The highest BCUT2D eigenvalue weighted by Crippen LogP contribution is 2.49. The van der Waals surface area contributed by atoms with Crippen molar-refractivity contribution in [3.05, 3.63) is 46.4 Å². The van der Waals surface area contributed by atoms with E-state index in [1.54, 1.807) is 0 Å². The van der Waals surface area contributed by atoms with Crippen molar-refractivity contribution in [3.63, 3.8) is 0 Å². The van der Waals surface area contributed by atoms with Gasteiger partial charge in [-0.05, 0) is 54.7 Å². The molecule has 35 heavy (non-hydrogen) atoms. The van der Waals surface area contributed by atoms with E-state index in [2.05, 4.69) is 14.8 Å². The molecule has 186 valence electrons. The molecule has 2 aliphatic rings. The Kier molecular flexibility index (Phi) is 6.14. The predicted molar refractivity (Wildman–Crippen MR) is 122 cm³/mol. The van der Waals surface area contributed by atoms with Gasteiger partial charge in [-0.25, -0.2) is 13.1 Å². The topological polar surface area (TPSA) is 111 Å². The number of hydrogen-bond donors (Lipinski definition) is 2. The van der Waals surface area contributed by atoms with Crippen molar-refractivity contribution in [2.75, 3.05) is 13.7 Å². The van der Waals surface area contributed by atoms with Crippen LogP contribution >= 0.6 is 11.8 Å². The molecule has 8 nitrogen and oxygen atoms in total. The van der Waals surface area contributed by atoms with Crippen molar-refractivity contribution in [2.45, 2.75) is 30.5 Å². The van der Waals surface area contributed by atoms with Crippen LogP contribution in [0.15, 0.2) is 40.1 Å². The van der Waals surface area contributed by atoms with Crippen LogP contribution in [0.1, 0.15) is 25.0 Å². The molecule has 4 rings (SSSR count). The molecule has 0 saturated carbocycles. The number of alkyl halides is 3. The second-order valence-corrected chi connectivity index (χ2v) is 11.3. The number of imide groups is 1. The van der Waals surface area contributed by atoms with Gasteiger partial charge in [0.2, 0.25) is 10.0 Å². The van der Waals surface area contributed by atoms with Crippen LogP contribution in [0.4, 0.5) is 18.0 Å². The zero-order chi connectivity index (χ0) is 25.8. The molecular formula is C22H19F3N2O6S2. The van der Waals surface area contributed by atoms with Gasteiger partial charge in [-0.3, -0.25) is 14.9 Å². The van der Waals surface area contributed by atoms with Crippen LogP contribution in [0.5, 0.6) is 11.5 Å². The Bertz CT molecular complexity index is 1380. The molecule has 0 spiro atoms. The number of halogens is 3. The van der Waals surface area contributed by atoms with Crippen LogP contribution in [0.2, 0.25) is 0 Å². The van der Waals surface area contributed by atoms with E-state index in [4.69, 9.17) is 4.74 Å². The van der Waals surface area contributed by atoms with E-state index in [1.807, 2.05) is 13.8 Å². The Hall–Kier alpha value is -3.03. The third kappa shape index (κ3) is 5.02. The maximum Gasteiger partial charge on any atom is 0.573 e. The number of fused-ring (bicyclic) bond motifs is 1. The Morgan fingerprint density at radius 3 is 2.49 bits per heavy atom. The molecule has 0 aromatic heterocycles. The fourth-order valence-electron chi connectivity index (χ4n) is 3.70. The number of amides is 2. The summed E-state index contributed by atoms with van der Waals surface area (Å²) in [5, 5.41) is 1.53. The lowest BCUT2D eigenvalue weighted by Crippen LogP contribution is -2.21. The minimum atomic E-state index is -5.03. The van der Waals surface area contributed by atoms with Gasteiger partial charge in [0, 0.05) is 22.1 Å². The van der Waals surface area contributed by atoms with Crippen molar-refractivity contribution < 1.29 is 40.7 Å². The van der Waals surface area contributed by atoms with E-state index in [-0.39, 0.29) is 38.8 Å². The molecule has 0 radical (unpaired) electrons. The van der Waals surface area contributed by atoms with Crippen molar-refractivity contribution in [1.29, 1.82) is 0 Å². The minimum Gasteiger partial charge on any atom is -0.492 e. The van der Waals surface area contributed by atoms with Gasteiger partial charge in [-0.15, -0.1) is 13.2 Å². The molecule has 0 aliphatic carbocycles. The molecule has 13 heteroatoms. The van der Waals surface area contributed by atoms with E-state index in [0.29, 0.717) is 17.3 Å². The smallest absolute Gasteiger partial charge is 0.492 e. The summed E-state index contributed by atoms with van der Waals surface area (Å²) >= 11 is 0.651. The Labute approximate surface area is 202 Å². The van der Waals surface area contributed by atoms with Crippen LogP contribution in [0.3, 0.4) is 0 Å². The summed E-state index contributed by atoms with van der Waals surface area (Å²) in [6.07, 6.45) is -3.69. The number of carbonyl (C=O) groups excluding carboxylic acids is 2. The number of sulfonamides is 1. The van der Waals surface area contributed by atoms with E-state index in [9.17, 15) is 31.2 Å². The average Bonchev–Trinajstić information content (AvgIpc) is 3.24. The van der Waals surface area contributed by atoms with E-state index in [1.165, 1.54) is 37.4 Å². The Morgan fingerprint density at radius 1 is 1.17 bits per heavy atom. The standard InChI is InChI=1S/C22H19F3N2O6S2/c1-21(2)10-32-18-14(8-12(9-15(18)21)35(30,31)26-3)13-6-11(4-5-16(13)33-22(23,24)25)7-17-19(28)27-20(29)34-17/h4-9,26H,10H2,1-3H3,(H,27,28,29)/b17-7+. The summed E-state index contributed by atoms with van der Waals surface area (Å²) in [5.41, 5.74) is 0.138. The van der Waals surface area contributed by atoms with Crippen molar-refractivity contribution in [1.82, 2.24) is 10.0 Å². The number of hydrogen-bond acceptors (Lipinski definition) is 7. The first-order valence-corrected chi connectivity index (χ1v) is 12.4. The molecule has 2 aromatic rings. The number of rotatable bonds is 5. The van der Waals surface area contributed by atoms with Crippen LogP contribution in [-0.2, 0) is 20.2 Å². The lowest BCUT2D eigenvalue weighted by molar-refractivity contribution is -0.274. The lowest BCUT2D eigenvalue weighted by Gasteiger charge is -2.19. The number of carbonyl (C=O) groups is 2. The molecular weight excluding hydrogens is 509 g/mol. The van der Waals surface area contributed by atoms with Gasteiger partial charge in [-0.1, -0.05) is 19.9 Å². The third-order valence-electron chi connectivity index (χ3n) is 5.41. The summed E-state index contributed by atoms with van der Waals surface area (Å²) in [4.78, 5) is 23.3. The van der Waals surface area contributed by atoms with E-state index in [0.717, 1.165) is 6.07 Å². The van der Waals surface area contributed by atoms with Gasteiger partial charge < -0.3 is 9.47 Å². The molecule has 2 heterocycles. The summed E-state index contributed by atoms with van der Waals surface area (Å²) in [7, 11) is -2.74. The highest BCUT2D eigenvalue weighted by Gasteiger charge is 2.38. The first kappa shape index (κ1) is 25.1. The van der Waals surface area contributed by atoms with Crippen LogP contribution in [0, 0.1) is 0 Å². The number of benzene rings is 2. The van der Waals surface area contributed by atoms with Crippen LogP contribution in [0.25, 0.3) is 17.2 Å². The van der Waals surface area contributed by atoms with Gasteiger partial charge >= 0.3 is 6.36 Å². The first-order chi connectivity index (χ1) is 16.2. The van der Waals surface area contributed by atoms with Crippen molar-refractivity contribution in [2.24, 2.45) is 0 Å². The number of nitrogens with one attached hydrogen (secondary N) is 2. The molecule has 0 unspecified atom stereocenters. The highest BCUT2D eigenvalue weighted by atomic mass is 32.2. The largest absolute Gasteiger partial charge is 0.573 e. The molecule has 2 amide bonds. The fourth-order valence-corrected chi connectivity index (χ4v) is 5.16. The fraction of sp³-hybridized carbons (Fsp3) is 0.273. The number of ether oxygens (including phenoxy) is 2. The first-order valence-electron chi connectivity index (χ1n) is 10.1. The third-order valence-corrected chi connectivity index (χ3v) is 7.61. The van der Waals surface area contributed by atoms with Crippen molar-refractivity contribution in [3.8, 4) is 22.6 Å². The normalized spacial score (nSPS) is 18.4. The summed E-state index contributed by atoms with van der Waals surface area (Å²) in [5.74, 6) is -0.996. The van der Waals surface area contributed by atoms with Gasteiger partial charge in [0.25, 0.3) is 11.1 Å². The molecule has 0 atom stereocenters. The van der Waals surface area contributed by atoms with Gasteiger partial charge in [0.05, 0.1) is 16.4 Å². The molecule has 1 saturated heterocycles. The molecule has 0 bridgehead atoms. The quantitative estimate of drug-likeness (QED) is 0.561. The zero-order valence-electron chi connectivity index (χ0n) is 18.6. The van der Waals surface area contributed by atoms with Crippen LogP contribution < -0.4 is 19.5 Å². The summed E-state index contributed by atoms with van der Waals surface area (Å²) in [6, 6.07) is 6.29. The second kappa shape index (κ2) is 8.57. The zero-order valence-corrected chi connectivity index (χ0v) is 20.2. The SMILES string of the molecule is CNS(=O)(=O)c1cc(-c2cc(/C=C3/SC(=O)NC3=O)ccc2OC(F)(F)F)c2c(c1)C(C)(C)CO2. The summed E-state index contributed by atoms with van der Waals surface area (Å²) < 4.78 is 77.1. The molecule has 2 aliphatic heterocycles. The van der Waals surface area contributed by atoms with Crippen LogP contribution in [-0.4, -0.2) is 39.6 Å². The Balaban J connectivity index is 1.98. The van der Waals surface area contributed by atoms with Gasteiger partial charge in [-0.2, -0.15) is 0 Å². The maximum absolute atomic E-state index is 13.2. The monoisotopic (exact) mass is 528 g/mol. The maximum atomic E-state index is 13.2. The average molecular weight is 529 g/mol. The molecule has 2 aromatic carbocycles. The number of thioether (sulfide) groups is 1. The minimum absolute atomic E-state index is 0.0552. The van der Waals surface area contributed by atoms with E-state index >= 15 is 0 Å². The second-order valence-electron chi connectivity index (χ2n) is 8.38. The lowest BCUT2D eigenvalue weighted by atomic mass is 9.85.